The Labute approximate surface area is 162 Å². The molecule has 1 fully saturated rings. The molecule has 142 valence electrons. The predicted octanol–water partition coefficient (Wildman–Crippen LogP) is 3.38. The van der Waals surface area contributed by atoms with Gasteiger partial charge in [0.05, 0.1) is 31.8 Å². The first-order chi connectivity index (χ1) is 13.1. The molecule has 0 unspecified atom stereocenters. The molecule has 7 heteroatoms. The van der Waals surface area contributed by atoms with Crippen molar-refractivity contribution in [1.82, 2.24) is 14.9 Å². The van der Waals surface area contributed by atoms with Crippen molar-refractivity contribution in [2.45, 2.75) is 27.0 Å². The Bertz CT molecular complexity index is 951. The number of hydrogen-bond donors (Lipinski definition) is 2. The summed E-state index contributed by atoms with van der Waals surface area (Å²) in [4.78, 5) is 14.3. The summed E-state index contributed by atoms with van der Waals surface area (Å²) in [6, 6.07) is 7.78. The van der Waals surface area contributed by atoms with Gasteiger partial charge in [0.1, 0.15) is 16.5 Å². The minimum atomic E-state index is 0.0214. The maximum atomic E-state index is 9.41. The molecule has 0 radical (unpaired) electrons. The molecule has 0 saturated carbocycles. The lowest BCUT2D eigenvalue weighted by Gasteiger charge is -2.25. The highest BCUT2D eigenvalue weighted by atomic mass is 32.1. The molecule has 3 heterocycles. The van der Waals surface area contributed by atoms with Crippen LogP contribution in [0.1, 0.15) is 21.8 Å². The fraction of sp³-hybridized carbons (Fsp3) is 0.400. The van der Waals surface area contributed by atoms with E-state index in [-0.39, 0.29) is 6.61 Å². The molecule has 4 rings (SSSR count). The molecule has 0 bridgehead atoms. The van der Waals surface area contributed by atoms with Crippen molar-refractivity contribution in [2.24, 2.45) is 0 Å². The van der Waals surface area contributed by atoms with Gasteiger partial charge in [-0.05, 0) is 37.1 Å². The number of aliphatic hydroxyl groups is 1. The summed E-state index contributed by atoms with van der Waals surface area (Å²) in [5, 5.41) is 13.9. The van der Waals surface area contributed by atoms with Crippen molar-refractivity contribution < 1.29 is 9.84 Å². The Hall–Kier alpha value is -2.06. The van der Waals surface area contributed by atoms with Gasteiger partial charge < -0.3 is 15.2 Å². The topological polar surface area (TPSA) is 70.5 Å². The second kappa shape index (κ2) is 7.90. The van der Waals surface area contributed by atoms with E-state index in [0.29, 0.717) is 0 Å². The molecule has 1 aliphatic rings. The van der Waals surface area contributed by atoms with Gasteiger partial charge in [-0.3, -0.25) is 4.90 Å². The molecule has 2 aromatic heterocycles. The number of nitrogens with zero attached hydrogens (tertiary/aromatic N) is 3. The van der Waals surface area contributed by atoms with Crippen LogP contribution >= 0.6 is 11.3 Å². The number of hydrogen-bond acceptors (Lipinski definition) is 7. The van der Waals surface area contributed by atoms with E-state index in [1.54, 1.807) is 11.3 Å². The number of aliphatic hydroxyl groups excluding tert-OH is 1. The summed E-state index contributed by atoms with van der Waals surface area (Å²) in [7, 11) is 0. The minimum Gasteiger partial charge on any atom is -0.392 e. The molecule has 0 spiro atoms. The first kappa shape index (κ1) is 18.3. The van der Waals surface area contributed by atoms with E-state index in [9.17, 15) is 5.11 Å². The zero-order valence-electron chi connectivity index (χ0n) is 15.7. The molecule has 1 aromatic carbocycles. The van der Waals surface area contributed by atoms with Crippen LogP contribution in [0.15, 0.2) is 24.3 Å². The molecule has 0 aliphatic carbocycles. The minimum absolute atomic E-state index is 0.0214. The fourth-order valence-electron chi connectivity index (χ4n) is 3.30. The van der Waals surface area contributed by atoms with Gasteiger partial charge in [0.2, 0.25) is 0 Å². The number of rotatable bonds is 5. The van der Waals surface area contributed by atoms with Crippen LogP contribution < -0.4 is 5.32 Å². The number of ether oxygens (including phenoxy) is 1. The van der Waals surface area contributed by atoms with Crippen molar-refractivity contribution in [3.8, 4) is 0 Å². The molecule has 6 nitrogen and oxygen atoms in total. The van der Waals surface area contributed by atoms with Gasteiger partial charge >= 0.3 is 0 Å². The van der Waals surface area contributed by atoms with Crippen molar-refractivity contribution in [3.63, 3.8) is 0 Å². The fourth-order valence-corrected chi connectivity index (χ4v) is 4.35. The van der Waals surface area contributed by atoms with Gasteiger partial charge in [-0.15, -0.1) is 11.3 Å². The predicted molar refractivity (Wildman–Crippen MR) is 109 cm³/mol. The summed E-state index contributed by atoms with van der Waals surface area (Å²) in [5.41, 5.74) is 3.01. The van der Waals surface area contributed by atoms with E-state index in [0.717, 1.165) is 66.0 Å². The molecular formula is C20H24N4O2S. The summed E-state index contributed by atoms with van der Waals surface area (Å²) in [6.07, 6.45) is 0. The molecule has 2 N–H and O–H groups in total. The SMILES string of the molecule is Cc1sc2nc(CN3CCOCC3)nc(Nc3cccc(CO)c3)c2c1C. The largest absolute Gasteiger partial charge is 0.392 e. The standard InChI is InChI=1S/C20H24N4O2S/c1-13-14(2)27-20-18(13)19(21-16-5-3-4-15(10-16)12-25)22-17(23-20)11-24-6-8-26-9-7-24/h3-5,10,25H,6-9,11-12H2,1-2H3,(H,21,22,23). The maximum absolute atomic E-state index is 9.41. The third-order valence-corrected chi connectivity index (χ3v) is 6.02. The number of aryl methyl sites for hydroxylation is 2. The van der Waals surface area contributed by atoms with Gasteiger partial charge in [-0.1, -0.05) is 12.1 Å². The molecule has 0 atom stereocenters. The normalized spacial score (nSPS) is 15.4. The zero-order valence-corrected chi connectivity index (χ0v) is 16.5. The number of thiophene rings is 1. The highest BCUT2D eigenvalue weighted by Crippen LogP contribution is 2.34. The maximum Gasteiger partial charge on any atom is 0.146 e. The number of aromatic nitrogens is 2. The van der Waals surface area contributed by atoms with E-state index >= 15 is 0 Å². The Balaban J connectivity index is 1.71. The van der Waals surface area contributed by atoms with Crippen molar-refractivity contribution in [1.29, 1.82) is 0 Å². The summed E-state index contributed by atoms with van der Waals surface area (Å²) in [6.45, 7) is 8.33. The number of nitrogens with one attached hydrogen (secondary N) is 1. The smallest absolute Gasteiger partial charge is 0.146 e. The third kappa shape index (κ3) is 3.96. The third-order valence-electron chi connectivity index (χ3n) is 4.92. The first-order valence-electron chi connectivity index (χ1n) is 9.17. The van der Waals surface area contributed by atoms with E-state index < -0.39 is 0 Å². The molecule has 27 heavy (non-hydrogen) atoms. The zero-order chi connectivity index (χ0) is 18.8. The number of anilines is 2. The summed E-state index contributed by atoms with van der Waals surface area (Å²) in [5.74, 6) is 1.66. The van der Waals surface area contributed by atoms with E-state index in [2.05, 4.69) is 24.1 Å². The van der Waals surface area contributed by atoms with Crippen molar-refractivity contribution in [3.05, 3.63) is 46.1 Å². The number of benzene rings is 1. The van der Waals surface area contributed by atoms with Crippen LogP contribution in [0.5, 0.6) is 0 Å². The number of morpholine rings is 1. The quantitative estimate of drug-likeness (QED) is 0.703. The second-order valence-corrected chi connectivity index (χ2v) is 8.03. The van der Waals surface area contributed by atoms with Crippen LogP contribution in [0.3, 0.4) is 0 Å². The van der Waals surface area contributed by atoms with Crippen LogP contribution in [0.4, 0.5) is 11.5 Å². The average molecular weight is 385 g/mol. The summed E-state index contributed by atoms with van der Waals surface area (Å²) < 4.78 is 5.44. The highest BCUT2D eigenvalue weighted by Gasteiger charge is 2.18. The van der Waals surface area contributed by atoms with Gasteiger partial charge in [0.25, 0.3) is 0 Å². The van der Waals surface area contributed by atoms with Crippen molar-refractivity contribution >= 4 is 33.1 Å². The first-order valence-corrected chi connectivity index (χ1v) is 9.99. The van der Waals surface area contributed by atoms with E-state index in [4.69, 9.17) is 14.7 Å². The summed E-state index contributed by atoms with van der Waals surface area (Å²) >= 11 is 1.71. The molecule has 0 amide bonds. The van der Waals surface area contributed by atoms with Gasteiger partial charge in [0, 0.05) is 23.7 Å². The second-order valence-electron chi connectivity index (χ2n) is 6.82. The van der Waals surface area contributed by atoms with Gasteiger partial charge in [0.15, 0.2) is 0 Å². The lowest BCUT2D eigenvalue weighted by atomic mass is 10.2. The molecule has 1 aliphatic heterocycles. The molecule has 1 saturated heterocycles. The van der Waals surface area contributed by atoms with Crippen LogP contribution in [0, 0.1) is 13.8 Å². The Kier molecular flexibility index (Phi) is 5.36. The van der Waals surface area contributed by atoms with E-state index in [1.165, 1.54) is 10.4 Å². The van der Waals surface area contributed by atoms with Crippen LogP contribution in [0.2, 0.25) is 0 Å². The van der Waals surface area contributed by atoms with Gasteiger partial charge in [-0.2, -0.15) is 0 Å². The van der Waals surface area contributed by atoms with Crippen molar-refractivity contribution in [2.75, 3.05) is 31.6 Å². The Morgan fingerprint density at radius 1 is 1.22 bits per heavy atom. The highest BCUT2D eigenvalue weighted by molar-refractivity contribution is 7.18. The lowest BCUT2D eigenvalue weighted by Crippen LogP contribution is -2.36. The van der Waals surface area contributed by atoms with Crippen LogP contribution in [-0.2, 0) is 17.9 Å². The Morgan fingerprint density at radius 3 is 2.81 bits per heavy atom. The monoisotopic (exact) mass is 384 g/mol. The molecule has 3 aromatic rings. The van der Waals surface area contributed by atoms with Crippen LogP contribution in [0.25, 0.3) is 10.2 Å². The Morgan fingerprint density at radius 2 is 2.04 bits per heavy atom. The lowest BCUT2D eigenvalue weighted by molar-refractivity contribution is 0.0331. The number of fused-ring (bicyclic) bond motifs is 1. The van der Waals surface area contributed by atoms with Gasteiger partial charge in [-0.25, -0.2) is 9.97 Å². The molecular weight excluding hydrogens is 360 g/mol. The van der Waals surface area contributed by atoms with Crippen LogP contribution in [-0.4, -0.2) is 46.3 Å². The van der Waals surface area contributed by atoms with E-state index in [1.807, 2.05) is 24.3 Å². The average Bonchev–Trinajstić information content (AvgIpc) is 2.97.